The molecule has 3 rings (SSSR count). The van der Waals surface area contributed by atoms with Crippen LogP contribution < -0.4 is 10.1 Å². The second-order valence-corrected chi connectivity index (χ2v) is 8.02. The van der Waals surface area contributed by atoms with Crippen molar-refractivity contribution in [3.63, 3.8) is 0 Å². The number of methoxy groups -OCH3 is 1. The Morgan fingerprint density at radius 3 is 2.70 bits per heavy atom. The number of nitrogens with one attached hydrogen (secondary N) is 1. The number of aromatic nitrogens is 1. The fourth-order valence-corrected chi connectivity index (χ4v) is 4.01. The standard InChI is InChI=1S/C21H18ClF3N2O2S/c1-12-10-19(27-20-14(12)4-3-5-17(20)29-2)30-9-8-18(28)26-16-11-13(22)6-7-15(16)21(23,24)25/h3-7,10-11H,8-9H2,1-2H3,(H,26,28). The van der Waals surface area contributed by atoms with Gasteiger partial charge in [0.25, 0.3) is 0 Å². The normalized spacial score (nSPS) is 11.5. The topological polar surface area (TPSA) is 51.2 Å². The van der Waals surface area contributed by atoms with E-state index in [1.807, 2.05) is 31.2 Å². The molecule has 9 heteroatoms. The Morgan fingerprint density at radius 2 is 2.00 bits per heavy atom. The van der Waals surface area contributed by atoms with Gasteiger partial charge in [-0.25, -0.2) is 4.98 Å². The van der Waals surface area contributed by atoms with Crippen LogP contribution in [0.1, 0.15) is 17.5 Å². The SMILES string of the molecule is COc1cccc2c(C)cc(SCCC(=O)Nc3cc(Cl)ccc3C(F)(F)F)nc12. The van der Waals surface area contributed by atoms with Crippen LogP contribution in [-0.4, -0.2) is 23.8 Å². The summed E-state index contributed by atoms with van der Waals surface area (Å²) >= 11 is 7.13. The first kappa shape index (κ1) is 22.2. The number of pyridine rings is 1. The lowest BCUT2D eigenvalue weighted by molar-refractivity contribution is -0.137. The Hall–Kier alpha value is -2.45. The van der Waals surface area contributed by atoms with E-state index in [1.165, 1.54) is 11.8 Å². The van der Waals surface area contributed by atoms with Gasteiger partial charge in [0, 0.05) is 22.6 Å². The maximum atomic E-state index is 13.1. The lowest BCUT2D eigenvalue weighted by Gasteiger charge is -2.14. The summed E-state index contributed by atoms with van der Waals surface area (Å²) < 4.78 is 44.7. The van der Waals surface area contributed by atoms with E-state index in [0.29, 0.717) is 16.5 Å². The number of nitrogens with zero attached hydrogens (tertiary/aromatic N) is 1. The van der Waals surface area contributed by atoms with E-state index in [1.54, 1.807) is 7.11 Å². The molecule has 0 unspecified atom stereocenters. The zero-order valence-corrected chi connectivity index (χ0v) is 17.7. The largest absolute Gasteiger partial charge is 0.494 e. The third-order valence-corrected chi connectivity index (χ3v) is 5.49. The number of para-hydroxylation sites is 1. The van der Waals surface area contributed by atoms with Crippen LogP contribution in [-0.2, 0) is 11.0 Å². The Labute approximate surface area is 180 Å². The van der Waals surface area contributed by atoms with E-state index >= 15 is 0 Å². The Bertz CT molecular complexity index is 1090. The number of rotatable bonds is 6. The Morgan fingerprint density at radius 1 is 1.23 bits per heavy atom. The minimum atomic E-state index is -4.59. The number of ether oxygens (including phenoxy) is 1. The second-order valence-electron chi connectivity index (χ2n) is 6.47. The summed E-state index contributed by atoms with van der Waals surface area (Å²) in [5.74, 6) is 0.461. The first-order valence-corrected chi connectivity index (χ1v) is 10.3. The van der Waals surface area contributed by atoms with Crippen molar-refractivity contribution in [1.82, 2.24) is 4.98 Å². The quantitative estimate of drug-likeness (QED) is 0.441. The van der Waals surface area contributed by atoms with E-state index < -0.39 is 17.6 Å². The van der Waals surface area contributed by atoms with Crippen LogP contribution >= 0.6 is 23.4 Å². The summed E-state index contributed by atoms with van der Waals surface area (Å²) in [4.78, 5) is 16.8. The van der Waals surface area contributed by atoms with Gasteiger partial charge in [-0.2, -0.15) is 13.2 Å². The predicted octanol–water partition coefficient (Wildman–Crippen LogP) is 6.34. The molecule has 1 heterocycles. The van der Waals surface area contributed by atoms with Gasteiger partial charge >= 0.3 is 6.18 Å². The molecule has 158 valence electrons. The molecule has 0 aliphatic carbocycles. The third-order valence-electron chi connectivity index (χ3n) is 4.35. The van der Waals surface area contributed by atoms with Gasteiger partial charge in [-0.15, -0.1) is 11.8 Å². The highest BCUT2D eigenvalue weighted by molar-refractivity contribution is 7.99. The van der Waals surface area contributed by atoms with E-state index in [0.717, 1.165) is 34.7 Å². The van der Waals surface area contributed by atoms with Crippen LogP contribution in [0.4, 0.5) is 18.9 Å². The summed E-state index contributed by atoms with van der Waals surface area (Å²) in [6, 6.07) is 10.6. The highest BCUT2D eigenvalue weighted by atomic mass is 35.5. The highest BCUT2D eigenvalue weighted by Gasteiger charge is 2.33. The highest BCUT2D eigenvalue weighted by Crippen LogP contribution is 2.36. The molecule has 1 amide bonds. The van der Waals surface area contributed by atoms with Crippen molar-refractivity contribution in [2.75, 3.05) is 18.2 Å². The minimum absolute atomic E-state index is 0.0131. The maximum absolute atomic E-state index is 13.1. The van der Waals surface area contributed by atoms with Gasteiger partial charge in [-0.05, 0) is 42.8 Å². The smallest absolute Gasteiger partial charge is 0.418 e. The zero-order valence-electron chi connectivity index (χ0n) is 16.1. The number of fused-ring (bicyclic) bond motifs is 1. The van der Waals surface area contributed by atoms with Crippen molar-refractivity contribution in [3.8, 4) is 5.75 Å². The number of carbonyl (C=O) groups excluding carboxylic acids is 1. The number of benzene rings is 2. The van der Waals surface area contributed by atoms with Gasteiger partial charge in [0.15, 0.2) is 0 Å². The van der Waals surface area contributed by atoms with Gasteiger partial charge in [0.05, 0.1) is 23.4 Å². The molecule has 0 fully saturated rings. The van der Waals surface area contributed by atoms with Crippen molar-refractivity contribution >= 4 is 45.9 Å². The minimum Gasteiger partial charge on any atom is -0.494 e. The molecule has 0 radical (unpaired) electrons. The van der Waals surface area contributed by atoms with E-state index in [-0.39, 0.29) is 17.1 Å². The van der Waals surface area contributed by atoms with Crippen LogP contribution in [0.3, 0.4) is 0 Å². The van der Waals surface area contributed by atoms with E-state index in [4.69, 9.17) is 16.3 Å². The van der Waals surface area contributed by atoms with Gasteiger partial charge in [0.1, 0.15) is 11.3 Å². The molecule has 0 saturated heterocycles. The predicted molar refractivity (Wildman–Crippen MR) is 113 cm³/mol. The number of carbonyl (C=O) groups is 1. The summed E-state index contributed by atoms with van der Waals surface area (Å²) in [6.07, 6.45) is -4.58. The van der Waals surface area contributed by atoms with Crippen molar-refractivity contribution in [2.24, 2.45) is 0 Å². The lowest BCUT2D eigenvalue weighted by Crippen LogP contribution is -2.17. The number of alkyl halides is 3. The molecule has 1 aromatic heterocycles. The molecule has 30 heavy (non-hydrogen) atoms. The second kappa shape index (κ2) is 9.14. The van der Waals surface area contributed by atoms with Gasteiger partial charge < -0.3 is 10.1 Å². The Kier molecular flexibility index (Phi) is 6.77. The van der Waals surface area contributed by atoms with Crippen molar-refractivity contribution in [3.05, 3.63) is 58.6 Å². The summed E-state index contributed by atoms with van der Waals surface area (Å²) in [5.41, 5.74) is 0.446. The monoisotopic (exact) mass is 454 g/mol. The molecule has 0 aliphatic rings. The number of anilines is 1. The molecule has 1 N–H and O–H groups in total. The third kappa shape index (κ3) is 5.17. The number of hydrogen-bond donors (Lipinski definition) is 1. The van der Waals surface area contributed by atoms with Crippen LogP contribution in [0, 0.1) is 6.92 Å². The van der Waals surface area contributed by atoms with Crippen molar-refractivity contribution in [1.29, 1.82) is 0 Å². The maximum Gasteiger partial charge on any atom is 0.418 e. The number of thioether (sulfide) groups is 1. The van der Waals surface area contributed by atoms with Gasteiger partial charge in [-0.1, -0.05) is 23.7 Å². The molecule has 0 spiro atoms. The summed E-state index contributed by atoms with van der Waals surface area (Å²) in [5, 5.41) is 4.09. The Balaban J connectivity index is 1.68. The number of halogens is 4. The molecule has 0 aliphatic heterocycles. The number of aryl methyl sites for hydroxylation is 1. The summed E-state index contributed by atoms with van der Waals surface area (Å²) in [7, 11) is 1.57. The molecule has 0 atom stereocenters. The van der Waals surface area contributed by atoms with Crippen LogP contribution in [0.2, 0.25) is 5.02 Å². The zero-order chi connectivity index (χ0) is 21.9. The lowest BCUT2D eigenvalue weighted by atomic mass is 10.1. The molecular formula is C21H18ClF3N2O2S. The fraction of sp³-hybridized carbons (Fsp3) is 0.238. The van der Waals surface area contributed by atoms with Gasteiger partial charge in [-0.3, -0.25) is 4.79 Å². The fourth-order valence-electron chi connectivity index (χ4n) is 2.93. The number of amides is 1. The average molecular weight is 455 g/mol. The van der Waals surface area contributed by atoms with E-state index in [2.05, 4.69) is 10.3 Å². The molecule has 0 saturated carbocycles. The molecule has 2 aromatic carbocycles. The molecular weight excluding hydrogens is 437 g/mol. The average Bonchev–Trinajstić information content (AvgIpc) is 2.66. The molecule has 3 aromatic rings. The number of hydrogen-bond acceptors (Lipinski definition) is 4. The van der Waals surface area contributed by atoms with Gasteiger partial charge in [0.2, 0.25) is 5.91 Å². The van der Waals surface area contributed by atoms with E-state index in [9.17, 15) is 18.0 Å². The summed E-state index contributed by atoms with van der Waals surface area (Å²) in [6.45, 7) is 1.96. The van der Waals surface area contributed by atoms with Crippen LogP contribution in [0.15, 0.2) is 47.5 Å². The first-order chi connectivity index (χ1) is 14.2. The van der Waals surface area contributed by atoms with Crippen molar-refractivity contribution in [2.45, 2.75) is 24.5 Å². The van der Waals surface area contributed by atoms with Crippen molar-refractivity contribution < 1.29 is 22.7 Å². The first-order valence-electron chi connectivity index (χ1n) is 8.93. The van der Waals surface area contributed by atoms with Crippen LogP contribution in [0.5, 0.6) is 5.75 Å². The molecule has 4 nitrogen and oxygen atoms in total. The molecule has 0 bridgehead atoms. The van der Waals surface area contributed by atoms with Crippen LogP contribution in [0.25, 0.3) is 10.9 Å².